The van der Waals surface area contributed by atoms with Crippen LogP contribution in [0.15, 0.2) is 0 Å². The summed E-state index contributed by atoms with van der Waals surface area (Å²) < 4.78 is 0. The molecule has 0 aromatic carbocycles. The van der Waals surface area contributed by atoms with Crippen LogP contribution in [0.25, 0.3) is 0 Å². The number of nitrogens with two attached hydrogens (primary N) is 4. The minimum Gasteiger partial charge on any atom is -0.480 e. The van der Waals surface area contributed by atoms with Crippen molar-refractivity contribution in [1.29, 1.82) is 0 Å². The van der Waals surface area contributed by atoms with Crippen LogP contribution in [0.3, 0.4) is 0 Å². The first-order chi connectivity index (χ1) is 25.6. The van der Waals surface area contributed by atoms with Crippen LogP contribution < -0.4 is 49.5 Å². The molecule has 0 aliphatic carbocycles. The van der Waals surface area contributed by atoms with Gasteiger partial charge >= 0.3 is 5.97 Å². The predicted molar refractivity (Wildman–Crippen MR) is 197 cm³/mol. The smallest absolute Gasteiger partial charge is 0.326 e. The number of carboxylic acid groups (broad SMARTS) is 1. The van der Waals surface area contributed by atoms with E-state index < -0.39 is 114 Å². The standard InChI is InChI=1S/C34H60N10O11/c1-16(2)25(38)30(50)42-26(17(3)4)31(51)41-21(15-24(37)47)33(53)44-14-8-10-22(44)29(49)43-27(18(5)45)32(52)39-19(11-12-23(36)46)28(48)40-20(34(54)55)9-6-7-13-35/h16-22,25-27,45H,6-15,35,38H2,1-5H3,(H2,36,46)(H2,37,47)(H,39,52)(H,40,48)(H,41,51)(H,42,50)(H,43,49)(H,54,55)/t18-,19+,20+,21+,22+,25+,26+,27+/m1/s1. The molecule has 8 amide bonds. The minimum atomic E-state index is -1.71. The Kier molecular flexibility index (Phi) is 20.2. The summed E-state index contributed by atoms with van der Waals surface area (Å²) in [6.07, 6.45) is -1.64. The molecule has 0 unspecified atom stereocenters. The number of likely N-dealkylation sites (tertiary alicyclic amines) is 1. The Labute approximate surface area is 320 Å². The van der Waals surface area contributed by atoms with Crippen LogP contribution in [0, 0.1) is 11.8 Å². The summed E-state index contributed by atoms with van der Waals surface area (Å²) in [5.74, 6) is -8.99. The fourth-order valence-electron chi connectivity index (χ4n) is 5.75. The highest BCUT2D eigenvalue weighted by atomic mass is 16.4. The van der Waals surface area contributed by atoms with Gasteiger partial charge in [0.1, 0.15) is 36.3 Å². The van der Waals surface area contributed by atoms with Gasteiger partial charge in [-0.15, -0.1) is 0 Å². The third-order valence-corrected chi connectivity index (χ3v) is 9.06. The molecule has 1 heterocycles. The van der Waals surface area contributed by atoms with Gasteiger partial charge in [0.05, 0.1) is 18.6 Å². The van der Waals surface area contributed by atoms with Crippen molar-refractivity contribution < 1.29 is 53.4 Å². The zero-order valence-electron chi connectivity index (χ0n) is 32.2. The van der Waals surface area contributed by atoms with Gasteiger partial charge in [-0.3, -0.25) is 38.4 Å². The van der Waals surface area contributed by atoms with Crippen molar-refractivity contribution in [3.63, 3.8) is 0 Å². The number of carbonyl (C=O) groups excluding carboxylic acids is 8. The summed E-state index contributed by atoms with van der Waals surface area (Å²) in [6.45, 7) is 8.23. The van der Waals surface area contributed by atoms with Gasteiger partial charge in [-0.25, -0.2) is 4.79 Å². The molecule has 1 aliphatic heterocycles. The molecule has 21 nitrogen and oxygen atoms in total. The Hall–Kier alpha value is -4.89. The van der Waals surface area contributed by atoms with Crippen LogP contribution in [0.2, 0.25) is 0 Å². The molecule has 0 spiro atoms. The first-order valence-corrected chi connectivity index (χ1v) is 18.4. The van der Waals surface area contributed by atoms with Crippen LogP contribution in [0.5, 0.6) is 0 Å². The molecule has 1 rings (SSSR count). The first-order valence-electron chi connectivity index (χ1n) is 18.4. The van der Waals surface area contributed by atoms with Crippen molar-refractivity contribution >= 4 is 53.2 Å². The Bertz CT molecular complexity index is 1390. The van der Waals surface area contributed by atoms with Gasteiger partial charge in [0.15, 0.2) is 0 Å². The van der Waals surface area contributed by atoms with Gasteiger partial charge in [0, 0.05) is 13.0 Å². The SMILES string of the molecule is CC(C)[C@H](N)C(=O)N[C@H](C(=O)N[C@@H](CC(N)=O)C(=O)N1CCC[C@H]1C(=O)N[C@H](C(=O)N[C@@H](CCC(N)=O)C(=O)N[C@@H](CCCCN)C(=O)O)[C@@H](C)O)C(C)C. The van der Waals surface area contributed by atoms with E-state index in [0.717, 1.165) is 4.90 Å². The monoisotopic (exact) mass is 784 g/mol. The summed E-state index contributed by atoms with van der Waals surface area (Å²) in [5, 5.41) is 32.2. The van der Waals surface area contributed by atoms with Crippen molar-refractivity contribution in [2.45, 2.75) is 134 Å². The molecule has 0 aromatic heterocycles. The van der Waals surface area contributed by atoms with E-state index in [1.54, 1.807) is 27.7 Å². The van der Waals surface area contributed by atoms with Gasteiger partial charge < -0.3 is 64.6 Å². The highest BCUT2D eigenvalue weighted by molar-refractivity contribution is 5.98. The molecule has 0 bridgehead atoms. The molecule has 0 aromatic rings. The number of carboxylic acids is 1. The Morgan fingerprint density at radius 3 is 1.80 bits per heavy atom. The van der Waals surface area contributed by atoms with Gasteiger partial charge in [-0.05, 0) is 63.8 Å². The van der Waals surface area contributed by atoms with Crippen molar-refractivity contribution in [2.24, 2.45) is 34.8 Å². The van der Waals surface area contributed by atoms with Crippen LogP contribution in [0.4, 0.5) is 0 Å². The number of aliphatic hydroxyl groups is 1. The van der Waals surface area contributed by atoms with Gasteiger partial charge in [0.25, 0.3) is 0 Å². The van der Waals surface area contributed by atoms with Crippen molar-refractivity contribution in [3.8, 4) is 0 Å². The summed E-state index contributed by atoms with van der Waals surface area (Å²) in [4.78, 5) is 116. The summed E-state index contributed by atoms with van der Waals surface area (Å²) >= 11 is 0. The lowest BCUT2D eigenvalue weighted by molar-refractivity contribution is -0.144. The molecular weight excluding hydrogens is 724 g/mol. The topological polar surface area (TPSA) is 362 Å². The second-order valence-electron chi connectivity index (χ2n) is 14.4. The number of aliphatic hydroxyl groups excluding tert-OH is 1. The normalized spacial score (nSPS) is 17.9. The maximum absolute atomic E-state index is 13.8. The lowest BCUT2D eigenvalue weighted by Gasteiger charge is -2.31. The molecule has 0 radical (unpaired) electrons. The maximum atomic E-state index is 13.8. The van der Waals surface area contributed by atoms with Crippen LogP contribution in [0.1, 0.15) is 86.0 Å². The van der Waals surface area contributed by atoms with Crippen molar-refractivity contribution in [3.05, 3.63) is 0 Å². The highest BCUT2D eigenvalue weighted by Gasteiger charge is 2.41. The molecule has 312 valence electrons. The van der Waals surface area contributed by atoms with E-state index in [4.69, 9.17) is 22.9 Å². The number of rotatable bonds is 24. The molecule has 21 heteroatoms. The van der Waals surface area contributed by atoms with Crippen LogP contribution in [-0.2, 0) is 43.2 Å². The van der Waals surface area contributed by atoms with Gasteiger partial charge in [-0.1, -0.05) is 27.7 Å². The van der Waals surface area contributed by atoms with E-state index in [2.05, 4.69) is 26.6 Å². The van der Waals surface area contributed by atoms with E-state index in [0.29, 0.717) is 25.8 Å². The molecular formula is C34H60N10O11. The molecule has 1 saturated heterocycles. The molecule has 15 N–H and O–H groups in total. The molecule has 0 saturated carbocycles. The number of hydrogen-bond acceptors (Lipinski definition) is 12. The third-order valence-electron chi connectivity index (χ3n) is 9.06. The number of carbonyl (C=O) groups is 9. The lowest BCUT2D eigenvalue weighted by Crippen LogP contribution is -2.61. The fourth-order valence-corrected chi connectivity index (χ4v) is 5.75. The quantitative estimate of drug-likeness (QED) is 0.0414. The fraction of sp³-hybridized carbons (Fsp3) is 0.735. The molecule has 1 fully saturated rings. The first kappa shape index (κ1) is 48.1. The Balaban J connectivity index is 3.23. The number of nitrogens with one attached hydrogen (secondary N) is 5. The number of aliphatic carboxylic acids is 1. The Morgan fingerprint density at radius 2 is 1.29 bits per heavy atom. The second-order valence-corrected chi connectivity index (χ2v) is 14.4. The van der Waals surface area contributed by atoms with E-state index >= 15 is 0 Å². The van der Waals surface area contributed by atoms with E-state index in [1.165, 1.54) is 6.92 Å². The van der Waals surface area contributed by atoms with Gasteiger partial charge in [0.2, 0.25) is 47.3 Å². The van der Waals surface area contributed by atoms with Crippen LogP contribution in [-0.4, -0.2) is 130 Å². The highest BCUT2D eigenvalue weighted by Crippen LogP contribution is 2.20. The second kappa shape index (κ2) is 23.1. The van der Waals surface area contributed by atoms with Crippen LogP contribution >= 0.6 is 0 Å². The number of hydrogen-bond donors (Lipinski definition) is 11. The zero-order valence-corrected chi connectivity index (χ0v) is 32.2. The number of unbranched alkanes of at least 4 members (excludes halogenated alkanes) is 1. The minimum absolute atomic E-state index is 0.00652. The Morgan fingerprint density at radius 1 is 0.709 bits per heavy atom. The predicted octanol–water partition coefficient (Wildman–Crippen LogP) is -4.22. The lowest BCUT2D eigenvalue weighted by atomic mass is 9.99. The third kappa shape index (κ3) is 15.8. The average Bonchev–Trinajstić information content (AvgIpc) is 3.59. The number of nitrogens with zero attached hydrogens (tertiary/aromatic N) is 1. The molecule has 1 aliphatic rings. The number of amides is 8. The largest absolute Gasteiger partial charge is 0.480 e. The summed E-state index contributed by atoms with van der Waals surface area (Å²) in [7, 11) is 0. The van der Waals surface area contributed by atoms with E-state index in [-0.39, 0.29) is 38.1 Å². The van der Waals surface area contributed by atoms with Gasteiger partial charge in [-0.2, -0.15) is 0 Å². The van der Waals surface area contributed by atoms with E-state index in [1.807, 2.05) is 0 Å². The molecule has 8 atom stereocenters. The molecule has 55 heavy (non-hydrogen) atoms. The van der Waals surface area contributed by atoms with E-state index in [9.17, 15) is 53.4 Å². The zero-order chi connectivity index (χ0) is 42.2. The summed E-state index contributed by atoms with van der Waals surface area (Å²) in [6, 6.07) is -9.40. The average molecular weight is 785 g/mol. The van der Waals surface area contributed by atoms with Crippen molar-refractivity contribution in [2.75, 3.05) is 13.1 Å². The summed E-state index contributed by atoms with van der Waals surface area (Å²) in [5.41, 5.74) is 22.0. The number of primary amides is 2. The van der Waals surface area contributed by atoms with Crippen molar-refractivity contribution in [1.82, 2.24) is 31.5 Å². The maximum Gasteiger partial charge on any atom is 0.326 e.